The largest absolute Gasteiger partial charge is 0.339 e. The van der Waals surface area contributed by atoms with Gasteiger partial charge in [-0.3, -0.25) is 0 Å². The van der Waals surface area contributed by atoms with Crippen molar-refractivity contribution in [2.45, 2.75) is 25.7 Å². The van der Waals surface area contributed by atoms with Crippen molar-refractivity contribution in [3.63, 3.8) is 0 Å². The van der Waals surface area contributed by atoms with Crippen LogP contribution in [0.1, 0.15) is 30.7 Å². The van der Waals surface area contributed by atoms with Crippen molar-refractivity contribution in [2.24, 2.45) is 7.05 Å². The number of hydrogen-bond acceptors (Lipinski definition) is 4. The Kier molecular flexibility index (Phi) is 3.81. The van der Waals surface area contributed by atoms with Gasteiger partial charge in [-0.2, -0.15) is 4.98 Å². The maximum Gasteiger partial charge on any atom is 0.238 e. The van der Waals surface area contributed by atoms with E-state index >= 15 is 0 Å². The van der Waals surface area contributed by atoms with Crippen LogP contribution in [0.4, 0.5) is 0 Å². The van der Waals surface area contributed by atoms with Crippen molar-refractivity contribution < 1.29 is 4.52 Å². The zero-order valence-electron chi connectivity index (χ0n) is 12.2. The molecule has 0 N–H and O–H groups in total. The van der Waals surface area contributed by atoms with Gasteiger partial charge in [0.2, 0.25) is 11.7 Å². The quantitative estimate of drug-likeness (QED) is 0.721. The van der Waals surface area contributed by atoms with E-state index < -0.39 is 0 Å². The molecular weight excluding hydrogens is 264 g/mol. The minimum absolute atomic E-state index is 0.230. The molecule has 0 aliphatic carbocycles. The normalized spacial score (nSPS) is 12.5. The summed E-state index contributed by atoms with van der Waals surface area (Å²) in [6, 6.07) is 10.4. The van der Waals surface area contributed by atoms with Crippen molar-refractivity contribution in [2.75, 3.05) is 0 Å². The molecule has 0 spiro atoms. The average Bonchev–Trinajstić information content (AvgIpc) is 3.14. The molecule has 0 amide bonds. The van der Waals surface area contributed by atoms with Crippen LogP contribution in [0, 0.1) is 0 Å². The SMILES string of the molecule is CCC(Cc1ccccc1)c1nc(-c2nccn2C)no1. The van der Waals surface area contributed by atoms with Crippen molar-refractivity contribution in [1.29, 1.82) is 0 Å². The van der Waals surface area contributed by atoms with Gasteiger partial charge < -0.3 is 9.09 Å². The first-order chi connectivity index (χ1) is 10.3. The van der Waals surface area contributed by atoms with E-state index in [-0.39, 0.29) is 5.92 Å². The fourth-order valence-electron chi connectivity index (χ4n) is 2.38. The van der Waals surface area contributed by atoms with Gasteiger partial charge in [0.05, 0.1) is 0 Å². The Labute approximate surface area is 123 Å². The molecule has 0 aliphatic rings. The predicted octanol–water partition coefficient (Wildman–Crippen LogP) is 3.21. The van der Waals surface area contributed by atoms with Gasteiger partial charge in [0.25, 0.3) is 0 Å². The molecule has 0 fully saturated rings. The molecule has 1 aromatic carbocycles. The number of imidazole rings is 1. The van der Waals surface area contributed by atoms with E-state index in [9.17, 15) is 0 Å². The van der Waals surface area contributed by atoms with Crippen LogP contribution in [0.3, 0.4) is 0 Å². The third kappa shape index (κ3) is 2.86. The molecule has 5 nitrogen and oxygen atoms in total. The van der Waals surface area contributed by atoms with Crippen molar-refractivity contribution in [3.05, 3.63) is 54.2 Å². The smallest absolute Gasteiger partial charge is 0.238 e. The van der Waals surface area contributed by atoms with Crippen LogP contribution in [-0.2, 0) is 13.5 Å². The summed E-state index contributed by atoms with van der Waals surface area (Å²) in [7, 11) is 1.92. The molecule has 0 saturated heterocycles. The van der Waals surface area contributed by atoms with Crippen LogP contribution in [-0.4, -0.2) is 19.7 Å². The monoisotopic (exact) mass is 282 g/mol. The Morgan fingerprint density at radius 1 is 1.24 bits per heavy atom. The van der Waals surface area contributed by atoms with E-state index in [1.54, 1.807) is 6.20 Å². The van der Waals surface area contributed by atoms with Gasteiger partial charge in [0.1, 0.15) is 0 Å². The topological polar surface area (TPSA) is 56.7 Å². The van der Waals surface area contributed by atoms with Crippen LogP contribution in [0.25, 0.3) is 11.6 Å². The highest BCUT2D eigenvalue weighted by atomic mass is 16.5. The third-order valence-electron chi connectivity index (χ3n) is 3.63. The van der Waals surface area contributed by atoms with Crippen molar-refractivity contribution >= 4 is 0 Å². The number of nitrogens with zero attached hydrogens (tertiary/aromatic N) is 4. The van der Waals surface area contributed by atoms with Crippen LogP contribution in [0.2, 0.25) is 0 Å². The maximum absolute atomic E-state index is 5.45. The molecule has 3 rings (SSSR count). The van der Waals surface area contributed by atoms with Gasteiger partial charge in [-0.1, -0.05) is 42.4 Å². The highest BCUT2D eigenvalue weighted by molar-refractivity contribution is 5.42. The molecule has 2 aromatic heterocycles. The number of benzene rings is 1. The van der Waals surface area contributed by atoms with Gasteiger partial charge in [0, 0.05) is 25.4 Å². The predicted molar refractivity (Wildman–Crippen MR) is 79.7 cm³/mol. The zero-order valence-corrected chi connectivity index (χ0v) is 12.2. The number of rotatable bonds is 5. The molecule has 5 heteroatoms. The molecule has 0 bridgehead atoms. The molecule has 0 saturated carbocycles. The van der Waals surface area contributed by atoms with Crippen LogP contribution in [0.5, 0.6) is 0 Å². The summed E-state index contributed by atoms with van der Waals surface area (Å²) in [6.45, 7) is 2.14. The van der Waals surface area contributed by atoms with Gasteiger partial charge in [-0.05, 0) is 18.4 Å². The molecular formula is C16H18N4O. The average molecular weight is 282 g/mol. The van der Waals surface area contributed by atoms with E-state index in [4.69, 9.17) is 4.52 Å². The standard InChI is InChI=1S/C16H18N4O/c1-3-13(11-12-7-5-4-6-8-12)16-18-14(19-21-16)15-17-9-10-20(15)2/h4-10,13H,3,11H2,1-2H3. The second kappa shape index (κ2) is 5.91. The molecule has 108 valence electrons. The second-order valence-electron chi connectivity index (χ2n) is 5.11. The van der Waals surface area contributed by atoms with Crippen molar-refractivity contribution in [1.82, 2.24) is 19.7 Å². The zero-order chi connectivity index (χ0) is 14.7. The Bertz CT molecular complexity index is 702. The lowest BCUT2D eigenvalue weighted by molar-refractivity contribution is 0.348. The lowest BCUT2D eigenvalue weighted by Crippen LogP contribution is -2.02. The summed E-state index contributed by atoms with van der Waals surface area (Å²) in [6.07, 6.45) is 5.45. The number of aryl methyl sites for hydroxylation is 1. The number of aromatic nitrogens is 4. The first kappa shape index (κ1) is 13.5. The highest BCUT2D eigenvalue weighted by Gasteiger charge is 2.19. The molecule has 2 heterocycles. The molecule has 1 atom stereocenters. The molecule has 1 unspecified atom stereocenters. The van der Waals surface area contributed by atoms with Crippen LogP contribution < -0.4 is 0 Å². The second-order valence-corrected chi connectivity index (χ2v) is 5.11. The van der Waals surface area contributed by atoms with E-state index in [0.717, 1.165) is 18.7 Å². The molecule has 0 radical (unpaired) electrons. The molecule has 21 heavy (non-hydrogen) atoms. The summed E-state index contributed by atoms with van der Waals surface area (Å²) in [5, 5.41) is 4.06. The highest BCUT2D eigenvalue weighted by Crippen LogP contribution is 2.24. The van der Waals surface area contributed by atoms with Gasteiger partial charge in [0.15, 0.2) is 5.82 Å². The lowest BCUT2D eigenvalue weighted by atomic mass is 9.97. The summed E-state index contributed by atoms with van der Waals surface area (Å²) < 4.78 is 7.34. The van der Waals surface area contributed by atoms with E-state index in [0.29, 0.717) is 11.7 Å². The van der Waals surface area contributed by atoms with Crippen LogP contribution in [0.15, 0.2) is 47.2 Å². The Hall–Kier alpha value is -2.43. The summed E-state index contributed by atoms with van der Waals surface area (Å²) in [4.78, 5) is 8.77. The Balaban J connectivity index is 1.82. The summed E-state index contributed by atoms with van der Waals surface area (Å²) in [5.74, 6) is 2.18. The minimum atomic E-state index is 0.230. The van der Waals surface area contributed by atoms with Crippen LogP contribution >= 0.6 is 0 Å². The van der Waals surface area contributed by atoms with Crippen molar-refractivity contribution in [3.8, 4) is 11.6 Å². The summed E-state index contributed by atoms with van der Waals surface area (Å²) >= 11 is 0. The van der Waals surface area contributed by atoms with E-state index in [1.165, 1.54) is 5.56 Å². The lowest BCUT2D eigenvalue weighted by Gasteiger charge is -2.09. The molecule has 0 aliphatic heterocycles. The molecule has 3 aromatic rings. The number of hydrogen-bond donors (Lipinski definition) is 0. The Morgan fingerprint density at radius 3 is 2.71 bits per heavy atom. The Morgan fingerprint density at radius 2 is 2.05 bits per heavy atom. The van der Waals surface area contributed by atoms with Gasteiger partial charge in [-0.25, -0.2) is 4.98 Å². The van der Waals surface area contributed by atoms with Gasteiger partial charge in [-0.15, -0.1) is 0 Å². The van der Waals surface area contributed by atoms with Gasteiger partial charge >= 0.3 is 0 Å². The first-order valence-corrected chi connectivity index (χ1v) is 7.13. The summed E-state index contributed by atoms with van der Waals surface area (Å²) in [5.41, 5.74) is 1.28. The van der Waals surface area contributed by atoms with E-state index in [1.807, 2.05) is 23.9 Å². The third-order valence-corrected chi connectivity index (χ3v) is 3.63. The fourth-order valence-corrected chi connectivity index (χ4v) is 2.38. The maximum atomic E-state index is 5.45. The first-order valence-electron chi connectivity index (χ1n) is 7.13. The van der Waals surface area contributed by atoms with E-state index in [2.05, 4.69) is 46.3 Å². The fraction of sp³-hybridized carbons (Fsp3) is 0.312. The minimum Gasteiger partial charge on any atom is -0.339 e.